The van der Waals surface area contributed by atoms with Crippen molar-refractivity contribution in [3.63, 3.8) is 0 Å². The van der Waals surface area contributed by atoms with E-state index in [1.54, 1.807) is 19.2 Å². The number of carbonyl (C=O) groups is 1. The number of likely N-dealkylation sites (N-methyl/N-ethyl adjacent to an activating group) is 1. The van der Waals surface area contributed by atoms with E-state index in [1.807, 2.05) is 42.5 Å². The lowest BCUT2D eigenvalue weighted by Gasteiger charge is -2.41. The number of aliphatic hydroxyl groups is 2. The molecule has 0 bridgehead atoms. The number of phenols is 1. The Morgan fingerprint density at radius 3 is 2.19 bits per heavy atom. The zero-order valence-electron chi connectivity index (χ0n) is 20.2. The number of amides is 2. The molecule has 0 radical (unpaired) electrons. The topological polar surface area (TPSA) is 96.3 Å². The number of anilines is 1. The largest absolute Gasteiger partial charge is 0.508 e. The maximum Gasteiger partial charge on any atom is 0.321 e. The molecule has 36 heavy (non-hydrogen) atoms. The van der Waals surface area contributed by atoms with Crippen LogP contribution >= 0.6 is 0 Å². The summed E-state index contributed by atoms with van der Waals surface area (Å²) < 4.78 is 0. The van der Waals surface area contributed by atoms with Gasteiger partial charge in [-0.3, -0.25) is 4.90 Å². The molecule has 4 N–H and O–H groups in total. The van der Waals surface area contributed by atoms with Gasteiger partial charge in [0.2, 0.25) is 0 Å². The third-order valence-electron chi connectivity index (χ3n) is 6.28. The number of carbonyl (C=O) groups excluding carboxylic acids is 1. The molecule has 2 atom stereocenters. The van der Waals surface area contributed by atoms with Gasteiger partial charge in [0.05, 0.1) is 18.8 Å². The number of β-amino-alcohol motifs (C(OH)–C–C–N with tert-alkyl or cyclic N) is 1. The average molecular weight is 486 g/mol. The molecule has 1 fully saturated rings. The summed E-state index contributed by atoms with van der Waals surface area (Å²) in [5, 5.41) is 32.9. The highest BCUT2D eigenvalue weighted by Gasteiger charge is 2.31. The number of aromatic hydroxyl groups is 1. The molecule has 1 aliphatic heterocycles. The van der Waals surface area contributed by atoms with E-state index in [-0.39, 0.29) is 12.3 Å². The molecule has 1 heterocycles. The van der Waals surface area contributed by atoms with E-state index < -0.39 is 18.2 Å². The van der Waals surface area contributed by atoms with Gasteiger partial charge < -0.3 is 25.5 Å². The second-order valence-electron chi connectivity index (χ2n) is 9.15. The lowest BCUT2D eigenvalue weighted by Crippen LogP contribution is -2.52. The number of phenolic OH excluding ortho intramolecular Hbond substituents is 1. The molecule has 0 aromatic heterocycles. The second kappa shape index (κ2) is 11.7. The Hall–Kier alpha value is -3.83. The van der Waals surface area contributed by atoms with Crippen LogP contribution in [-0.2, 0) is 0 Å². The fourth-order valence-electron chi connectivity index (χ4n) is 4.07. The van der Waals surface area contributed by atoms with Crippen molar-refractivity contribution in [2.24, 2.45) is 0 Å². The number of nitrogens with zero attached hydrogens (tertiary/aromatic N) is 2. The van der Waals surface area contributed by atoms with E-state index in [0.717, 1.165) is 24.2 Å². The standard InChI is InChI=1S/C29H31N3O4/c1-31(29(36)30-25-13-15-26(33)16-14-25)19-27(34)28(35)20-32-17-24(18-32)23-11-9-22(10-12-23)8-7-21-5-3-2-4-6-21/h2-6,9-16,24,27-28,33-35H,17-20H2,1H3,(H,30,36)/t27-,28+/m1/s1. The third-order valence-corrected chi connectivity index (χ3v) is 6.28. The van der Waals surface area contributed by atoms with Gasteiger partial charge in [-0.1, -0.05) is 42.2 Å². The van der Waals surface area contributed by atoms with Crippen LogP contribution in [0, 0.1) is 11.8 Å². The van der Waals surface area contributed by atoms with Gasteiger partial charge in [0.25, 0.3) is 0 Å². The summed E-state index contributed by atoms with van der Waals surface area (Å²) in [7, 11) is 1.55. The van der Waals surface area contributed by atoms with Crippen molar-refractivity contribution in [2.45, 2.75) is 18.1 Å². The Balaban J connectivity index is 1.19. The molecule has 0 spiro atoms. The van der Waals surface area contributed by atoms with Gasteiger partial charge in [-0.25, -0.2) is 4.79 Å². The van der Waals surface area contributed by atoms with Crippen LogP contribution in [0.3, 0.4) is 0 Å². The van der Waals surface area contributed by atoms with Crippen molar-refractivity contribution in [3.8, 4) is 17.6 Å². The van der Waals surface area contributed by atoms with Crippen molar-refractivity contribution < 1.29 is 20.1 Å². The molecular formula is C29H31N3O4. The number of urea groups is 1. The van der Waals surface area contributed by atoms with E-state index in [1.165, 1.54) is 22.6 Å². The molecule has 4 rings (SSSR count). The molecule has 0 saturated carbocycles. The molecule has 0 aliphatic carbocycles. The summed E-state index contributed by atoms with van der Waals surface area (Å²) in [6.07, 6.45) is -2.03. The molecule has 7 nitrogen and oxygen atoms in total. The number of nitrogens with one attached hydrogen (secondary N) is 1. The first-order valence-electron chi connectivity index (χ1n) is 11.9. The number of benzene rings is 3. The first-order chi connectivity index (χ1) is 17.4. The van der Waals surface area contributed by atoms with Crippen LogP contribution in [0.15, 0.2) is 78.9 Å². The minimum atomic E-state index is -1.07. The Labute approximate surface area is 211 Å². The number of aliphatic hydroxyl groups excluding tert-OH is 2. The molecule has 3 aromatic carbocycles. The number of hydrogen-bond acceptors (Lipinski definition) is 5. The third kappa shape index (κ3) is 6.86. The van der Waals surface area contributed by atoms with Crippen LogP contribution in [0.5, 0.6) is 5.75 Å². The van der Waals surface area contributed by atoms with Crippen LogP contribution in [-0.4, -0.2) is 76.6 Å². The van der Waals surface area contributed by atoms with Gasteiger partial charge in [0.1, 0.15) is 5.75 Å². The van der Waals surface area contributed by atoms with Gasteiger partial charge in [-0.05, 0) is 54.1 Å². The molecule has 0 unspecified atom stereocenters. The quantitative estimate of drug-likeness (QED) is 0.305. The van der Waals surface area contributed by atoms with E-state index in [4.69, 9.17) is 0 Å². The fourth-order valence-corrected chi connectivity index (χ4v) is 4.07. The van der Waals surface area contributed by atoms with E-state index in [2.05, 4.69) is 34.2 Å². The minimum absolute atomic E-state index is 0.00612. The van der Waals surface area contributed by atoms with Crippen molar-refractivity contribution >= 4 is 11.7 Å². The normalized spacial score (nSPS) is 15.2. The van der Waals surface area contributed by atoms with Gasteiger partial charge in [0, 0.05) is 49.4 Å². The summed E-state index contributed by atoms with van der Waals surface area (Å²) in [5.74, 6) is 6.84. The highest BCUT2D eigenvalue weighted by atomic mass is 16.3. The van der Waals surface area contributed by atoms with E-state index >= 15 is 0 Å². The second-order valence-corrected chi connectivity index (χ2v) is 9.15. The summed E-state index contributed by atoms with van der Waals surface area (Å²) in [5.41, 5.74) is 3.72. The molecular weight excluding hydrogens is 454 g/mol. The van der Waals surface area contributed by atoms with Crippen LogP contribution in [0.1, 0.15) is 22.6 Å². The van der Waals surface area contributed by atoms with Crippen molar-refractivity contribution in [1.82, 2.24) is 9.80 Å². The van der Waals surface area contributed by atoms with Crippen LogP contribution in [0.4, 0.5) is 10.5 Å². The smallest absolute Gasteiger partial charge is 0.321 e. The Morgan fingerprint density at radius 2 is 1.56 bits per heavy atom. The number of rotatable bonds is 7. The van der Waals surface area contributed by atoms with Crippen molar-refractivity contribution in [1.29, 1.82) is 0 Å². The molecule has 1 saturated heterocycles. The molecule has 1 aliphatic rings. The Bertz CT molecular complexity index is 1200. The first kappa shape index (κ1) is 25.3. The molecule has 7 heteroatoms. The zero-order valence-corrected chi connectivity index (χ0v) is 20.2. The van der Waals surface area contributed by atoms with Crippen LogP contribution in [0.2, 0.25) is 0 Å². The fraction of sp³-hybridized carbons (Fsp3) is 0.276. The Morgan fingerprint density at radius 1 is 0.944 bits per heavy atom. The lowest BCUT2D eigenvalue weighted by molar-refractivity contribution is -0.0250. The zero-order chi connectivity index (χ0) is 25.5. The van der Waals surface area contributed by atoms with Gasteiger partial charge in [-0.15, -0.1) is 0 Å². The summed E-state index contributed by atoms with van der Waals surface area (Å²) in [4.78, 5) is 15.7. The summed E-state index contributed by atoms with van der Waals surface area (Å²) in [6, 6.07) is 23.9. The van der Waals surface area contributed by atoms with Gasteiger partial charge in [0.15, 0.2) is 0 Å². The van der Waals surface area contributed by atoms with Gasteiger partial charge in [-0.2, -0.15) is 0 Å². The predicted molar refractivity (Wildman–Crippen MR) is 140 cm³/mol. The Kier molecular flexibility index (Phi) is 8.24. The first-order valence-corrected chi connectivity index (χ1v) is 11.9. The number of hydrogen-bond donors (Lipinski definition) is 4. The van der Waals surface area contributed by atoms with Crippen molar-refractivity contribution in [2.75, 3.05) is 38.5 Å². The van der Waals surface area contributed by atoms with E-state index in [9.17, 15) is 20.1 Å². The van der Waals surface area contributed by atoms with Crippen molar-refractivity contribution in [3.05, 3.63) is 95.6 Å². The van der Waals surface area contributed by atoms with Gasteiger partial charge >= 0.3 is 6.03 Å². The lowest BCUT2D eigenvalue weighted by atomic mass is 9.90. The maximum atomic E-state index is 12.3. The average Bonchev–Trinajstić information content (AvgIpc) is 2.87. The maximum absolute atomic E-state index is 12.3. The summed E-state index contributed by atoms with van der Waals surface area (Å²) in [6.45, 7) is 1.94. The SMILES string of the molecule is CN(C[C@@H](O)[C@@H](O)CN1CC(c2ccc(C#Cc3ccccc3)cc2)C1)C(=O)Nc1ccc(O)cc1. The summed E-state index contributed by atoms with van der Waals surface area (Å²) >= 11 is 0. The predicted octanol–water partition coefficient (Wildman–Crippen LogP) is 3.08. The van der Waals surface area contributed by atoms with Crippen LogP contribution < -0.4 is 5.32 Å². The molecule has 186 valence electrons. The monoisotopic (exact) mass is 485 g/mol. The molecule has 3 aromatic rings. The number of likely N-dealkylation sites (tertiary alicyclic amines) is 1. The molecule has 2 amide bonds. The van der Waals surface area contributed by atoms with E-state index in [0.29, 0.717) is 18.2 Å². The highest BCUT2D eigenvalue weighted by molar-refractivity contribution is 5.89. The minimum Gasteiger partial charge on any atom is -0.508 e. The highest BCUT2D eigenvalue weighted by Crippen LogP contribution is 2.27. The van der Waals surface area contributed by atoms with Crippen LogP contribution in [0.25, 0.3) is 0 Å².